The van der Waals surface area contributed by atoms with E-state index in [9.17, 15) is 0 Å². The SMILES string of the molecule is [2H]c1c([2H])c([2H])c(-c2ccc(-c3c4ccccc4c(-c4cccc5oc6cccc(-c7ccccc7)c6c45)c4ccccc34)cc2)c([2H])c1[2H]. The van der Waals surface area contributed by atoms with E-state index in [1.807, 2.05) is 42.5 Å². The minimum absolute atomic E-state index is 0.197. The Hall–Kier alpha value is -5.92. The Morgan fingerprint density at radius 2 is 0.867 bits per heavy atom. The Balaban J connectivity index is 1.32. The zero-order chi connectivity index (χ0) is 34.1. The highest BCUT2D eigenvalue weighted by Gasteiger charge is 2.21. The molecule has 210 valence electrons. The number of hydrogen-bond donors (Lipinski definition) is 0. The van der Waals surface area contributed by atoms with Gasteiger partial charge in [-0.2, -0.15) is 0 Å². The van der Waals surface area contributed by atoms with Gasteiger partial charge in [0.15, 0.2) is 0 Å². The molecule has 0 aliphatic heterocycles. The summed E-state index contributed by atoms with van der Waals surface area (Å²) >= 11 is 0. The van der Waals surface area contributed by atoms with E-state index < -0.39 is 6.04 Å². The minimum atomic E-state index is -0.395. The third-order valence-corrected chi connectivity index (χ3v) is 8.77. The Labute approximate surface area is 268 Å². The smallest absolute Gasteiger partial charge is 0.136 e. The van der Waals surface area contributed by atoms with E-state index in [1.165, 1.54) is 0 Å². The molecule has 0 N–H and O–H groups in total. The molecule has 0 spiro atoms. The molecule has 1 aromatic heterocycles. The van der Waals surface area contributed by atoms with Crippen molar-refractivity contribution in [2.24, 2.45) is 0 Å². The summed E-state index contributed by atoms with van der Waals surface area (Å²) in [6, 6.07) is 46.1. The molecule has 9 aromatic rings. The highest BCUT2D eigenvalue weighted by Crippen LogP contribution is 2.48. The molecule has 9 rings (SSSR count). The van der Waals surface area contributed by atoms with Crippen molar-refractivity contribution in [2.75, 3.05) is 0 Å². The van der Waals surface area contributed by atoms with Gasteiger partial charge >= 0.3 is 0 Å². The van der Waals surface area contributed by atoms with E-state index in [0.29, 0.717) is 5.56 Å². The molecule has 1 heterocycles. The first kappa shape index (κ1) is 20.9. The second kappa shape index (κ2) is 10.4. The van der Waals surface area contributed by atoms with Gasteiger partial charge < -0.3 is 4.42 Å². The normalized spacial score (nSPS) is 13.1. The summed E-state index contributed by atoms with van der Waals surface area (Å²) in [6.07, 6.45) is 0. The van der Waals surface area contributed by atoms with Crippen LogP contribution in [0, 0.1) is 0 Å². The maximum atomic E-state index is 8.49. The van der Waals surface area contributed by atoms with Gasteiger partial charge in [-0.25, -0.2) is 0 Å². The average Bonchev–Trinajstić information content (AvgIpc) is 3.56. The molecule has 1 nitrogen and oxygen atoms in total. The average molecular weight is 578 g/mol. The Kier molecular flexibility index (Phi) is 4.81. The molecule has 8 aromatic carbocycles. The van der Waals surface area contributed by atoms with Gasteiger partial charge in [-0.3, -0.25) is 0 Å². The number of benzene rings is 8. The molecule has 0 saturated heterocycles. The van der Waals surface area contributed by atoms with Crippen LogP contribution in [0.4, 0.5) is 0 Å². The first-order chi connectivity index (χ1) is 24.4. The molecule has 0 saturated carbocycles. The molecule has 0 amide bonds. The van der Waals surface area contributed by atoms with Gasteiger partial charge in [-0.05, 0) is 78.2 Å². The van der Waals surface area contributed by atoms with Crippen LogP contribution in [0.3, 0.4) is 0 Å². The lowest BCUT2D eigenvalue weighted by atomic mass is 9.84. The fourth-order valence-electron chi connectivity index (χ4n) is 6.86. The lowest BCUT2D eigenvalue weighted by Gasteiger charge is -2.18. The Morgan fingerprint density at radius 3 is 1.49 bits per heavy atom. The molecule has 0 atom stereocenters. The lowest BCUT2D eigenvalue weighted by molar-refractivity contribution is 0.669. The predicted octanol–water partition coefficient (Wildman–Crippen LogP) is 12.6. The van der Waals surface area contributed by atoms with E-state index in [1.54, 1.807) is 0 Å². The largest absolute Gasteiger partial charge is 0.456 e. The summed E-state index contributed by atoms with van der Waals surface area (Å²) in [5.41, 5.74) is 8.98. The summed E-state index contributed by atoms with van der Waals surface area (Å²) in [5, 5.41) is 6.55. The summed E-state index contributed by atoms with van der Waals surface area (Å²) in [4.78, 5) is 0. The summed E-state index contributed by atoms with van der Waals surface area (Å²) in [6.45, 7) is 0. The fourth-order valence-corrected chi connectivity index (χ4v) is 6.86. The van der Waals surface area contributed by atoms with Gasteiger partial charge in [0.1, 0.15) is 11.2 Å². The van der Waals surface area contributed by atoms with Crippen LogP contribution in [-0.2, 0) is 0 Å². The van der Waals surface area contributed by atoms with Crippen LogP contribution in [0.25, 0.3) is 88.0 Å². The number of hydrogen-bond acceptors (Lipinski definition) is 1. The number of furan rings is 1. The predicted molar refractivity (Wildman–Crippen MR) is 190 cm³/mol. The monoisotopic (exact) mass is 577 g/mol. The second-order valence-electron chi connectivity index (χ2n) is 11.2. The van der Waals surface area contributed by atoms with Crippen molar-refractivity contribution in [1.82, 2.24) is 0 Å². The summed E-state index contributed by atoms with van der Waals surface area (Å²) < 4.78 is 47.8. The molecule has 0 fully saturated rings. The van der Waals surface area contributed by atoms with Crippen LogP contribution >= 0.6 is 0 Å². The lowest BCUT2D eigenvalue weighted by Crippen LogP contribution is -1.91. The van der Waals surface area contributed by atoms with Gasteiger partial charge in [-0.15, -0.1) is 0 Å². The van der Waals surface area contributed by atoms with E-state index in [4.69, 9.17) is 11.3 Å². The van der Waals surface area contributed by atoms with Crippen LogP contribution in [0.2, 0.25) is 0 Å². The Bertz CT molecular complexity index is 2720. The zero-order valence-electron chi connectivity index (χ0n) is 29.2. The molecule has 0 aliphatic rings. The van der Waals surface area contributed by atoms with Crippen molar-refractivity contribution < 1.29 is 11.3 Å². The zero-order valence-corrected chi connectivity index (χ0v) is 24.2. The van der Waals surface area contributed by atoms with Crippen LogP contribution in [0.1, 0.15) is 6.85 Å². The highest BCUT2D eigenvalue weighted by molar-refractivity contribution is 6.26. The van der Waals surface area contributed by atoms with Gasteiger partial charge in [0, 0.05) is 10.8 Å². The van der Waals surface area contributed by atoms with E-state index >= 15 is 0 Å². The van der Waals surface area contributed by atoms with Gasteiger partial charge in [0.25, 0.3) is 0 Å². The highest BCUT2D eigenvalue weighted by atomic mass is 16.3. The fraction of sp³-hybridized carbons (Fsp3) is 0. The maximum Gasteiger partial charge on any atom is 0.136 e. The first-order valence-electron chi connectivity index (χ1n) is 17.5. The van der Waals surface area contributed by atoms with Crippen LogP contribution in [0.15, 0.2) is 174 Å². The minimum Gasteiger partial charge on any atom is -0.456 e. The molecule has 0 radical (unpaired) electrons. The van der Waals surface area contributed by atoms with Crippen LogP contribution in [-0.4, -0.2) is 0 Å². The molecule has 0 unspecified atom stereocenters. The van der Waals surface area contributed by atoms with Gasteiger partial charge in [-0.1, -0.05) is 158 Å². The standard InChI is InChI=1S/C44H28O/c1-3-13-29(14-4-1)30-25-27-32(28-26-30)41-34-17-7-9-19-36(34)42(37-20-10-8-18-35(37)41)38-22-12-24-40-44(38)43-33(21-11-23-39(43)45-40)31-15-5-2-6-16-31/h1-28H/i1D,3D,4D,13D,14D. The molecule has 45 heavy (non-hydrogen) atoms. The van der Waals surface area contributed by atoms with Crippen molar-refractivity contribution in [2.45, 2.75) is 0 Å². The summed E-state index contributed by atoms with van der Waals surface area (Å²) in [7, 11) is 0. The van der Waals surface area contributed by atoms with Crippen LogP contribution < -0.4 is 0 Å². The first-order valence-corrected chi connectivity index (χ1v) is 15.0. The summed E-state index contributed by atoms with van der Waals surface area (Å²) in [5.74, 6) is 0. The third kappa shape index (κ3) is 4.09. The molecule has 0 aliphatic carbocycles. The Morgan fingerprint density at radius 1 is 0.356 bits per heavy atom. The maximum absolute atomic E-state index is 8.49. The molecular formula is C44H28O. The topological polar surface area (TPSA) is 13.1 Å². The molecule has 1 heteroatoms. The van der Waals surface area contributed by atoms with E-state index in [0.717, 1.165) is 76.9 Å². The van der Waals surface area contributed by atoms with E-state index in [-0.39, 0.29) is 29.7 Å². The third-order valence-electron chi connectivity index (χ3n) is 8.77. The van der Waals surface area contributed by atoms with Crippen LogP contribution in [0.5, 0.6) is 0 Å². The van der Waals surface area contributed by atoms with Gasteiger partial charge in [0.05, 0.1) is 6.85 Å². The van der Waals surface area contributed by atoms with Crippen molar-refractivity contribution in [3.05, 3.63) is 170 Å². The quantitative estimate of drug-likeness (QED) is 0.190. The molecule has 0 bridgehead atoms. The van der Waals surface area contributed by atoms with Crippen molar-refractivity contribution in [3.8, 4) is 44.5 Å². The van der Waals surface area contributed by atoms with Crippen molar-refractivity contribution >= 4 is 43.5 Å². The number of rotatable bonds is 4. The van der Waals surface area contributed by atoms with Crippen molar-refractivity contribution in [1.29, 1.82) is 0 Å². The number of fused-ring (bicyclic) bond motifs is 5. The van der Waals surface area contributed by atoms with Gasteiger partial charge in [0.2, 0.25) is 0 Å². The van der Waals surface area contributed by atoms with E-state index in [2.05, 4.69) is 97.1 Å². The molecular weight excluding hydrogens is 544 g/mol. The second-order valence-corrected chi connectivity index (χ2v) is 11.2. The van der Waals surface area contributed by atoms with Crippen molar-refractivity contribution in [3.63, 3.8) is 0 Å².